The minimum absolute atomic E-state index is 0.0636. The zero-order valence-electron chi connectivity index (χ0n) is 12.6. The summed E-state index contributed by atoms with van der Waals surface area (Å²) >= 11 is 6.08. The van der Waals surface area contributed by atoms with E-state index < -0.39 is 0 Å². The summed E-state index contributed by atoms with van der Waals surface area (Å²) in [7, 11) is 0. The number of amides is 1. The van der Waals surface area contributed by atoms with Gasteiger partial charge in [-0.05, 0) is 43.7 Å². The number of benzene rings is 1. The van der Waals surface area contributed by atoms with E-state index in [1.165, 1.54) is 6.07 Å². The predicted molar refractivity (Wildman–Crippen MR) is 85.4 cm³/mol. The molecule has 0 radical (unpaired) electrons. The summed E-state index contributed by atoms with van der Waals surface area (Å²) in [6, 6.07) is 7.97. The van der Waals surface area contributed by atoms with Crippen LogP contribution in [-0.2, 0) is 17.9 Å². The van der Waals surface area contributed by atoms with Gasteiger partial charge in [0.1, 0.15) is 11.6 Å². The van der Waals surface area contributed by atoms with Gasteiger partial charge < -0.3 is 9.73 Å². The first-order chi connectivity index (χ1) is 11.1. The molecule has 122 valence electrons. The molecule has 1 aliphatic rings. The van der Waals surface area contributed by atoms with Crippen molar-refractivity contribution in [2.75, 3.05) is 6.54 Å². The van der Waals surface area contributed by atoms with Crippen LogP contribution in [0.15, 0.2) is 41.0 Å². The van der Waals surface area contributed by atoms with Crippen molar-refractivity contribution in [3.63, 3.8) is 0 Å². The van der Waals surface area contributed by atoms with Crippen LogP contribution in [0, 0.1) is 5.82 Å². The van der Waals surface area contributed by atoms with Crippen molar-refractivity contribution in [3.05, 3.63) is 58.8 Å². The second-order valence-electron chi connectivity index (χ2n) is 5.63. The topological polar surface area (TPSA) is 45.5 Å². The van der Waals surface area contributed by atoms with Crippen molar-refractivity contribution in [1.82, 2.24) is 10.2 Å². The highest BCUT2D eigenvalue weighted by Gasteiger charge is 2.31. The summed E-state index contributed by atoms with van der Waals surface area (Å²) in [6.45, 7) is 1.45. The van der Waals surface area contributed by atoms with Gasteiger partial charge in [-0.15, -0.1) is 0 Å². The highest BCUT2D eigenvalue weighted by Crippen LogP contribution is 2.25. The van der Waals surface area contributed by atoms with E-state index in [9.17, 15) is 9.18 Å². The van der Waals surface area contributed by atoms with E-state index in [1.807, 2.05) is 11.0 Å². The van der Waals surface area contributed by atoms with Crippen LogP contribution in [0.5, 0.6) is 0 Å². The lowest BCUT2D eigenvalue weighted by Gasteiger charge is -2.24. The molecule has 1 fully saturated rings. The standard InChI is InChI=1S/C17H18ClFN2O2/c18-14-5-1-6-15(19)13(14)11-21-8-2-7-16(21)17(22)20-10-12-4-3-9-23-12/h1,3-6,9,16H,2,7-8,10-11H2,(H,20,22). The molecule has 1 aromatic carbocycles. The summed E-state index contributed by atoms with van der Waals surface area (Å²) < 4.78 is 19.1. The van der Waals surface area contributed by atoms with Crippen LogP contribution >= 0.6 is 11.6 Å². The quantitative estimate of drug-likeness (QED) is 0.910. The van der Waals surface area contributed by atoms with Gasteiger partial charge in [0.15, 0.2) is 0 Å². The number of hydrogen-bond donors (Lipinski definition) is 1. The minimum atomic E-state index is -0.334. The van der Waals surface area contributed by atoms with Gasteiger partial charge in [0.2, 0.25) is 5.91 Å². The van der Waals surface area contributed by atoms with Crippen LogP contribution in [0.25, 0.3) is 0 Å². The summed E-state index contributed by atoms with van der Waals surface area (Å²) in [5.41, 5.74) is 0.444. The molecule has 0 bridgehead atoms. The summed E-state index contributed by atoms with van der Waals surface area (Å²) in [4.78, 5) is 14.4. The summed E-state index contributed by atoms with van der Waals surface area (Å²) in [5.74, 6) is 0.311. The third-order valence-electron chi connectivity index (χ3n) is 4.11. The van der Waals surface area contributed by atoms with Gasteiger partial charge in [-0.3, -0.25) is 9.69 Å². The fourth-order valence-corrected chi connectivity index (χ4v) is 3.13. The molecule has 4 nitrogen and oxygen atoms in total. The highest BCUT2D eigenvalue weighted by atomic mass is 35.5. The Morgan fingerprint density at radius 2 is 2.26 bits per heavy atom. The zero-order valence-corrected chi connectivity index (χ0v) is 13.4. The van der Waals surface area contributed by atoms with E-state index in [0.717, 1.165) is 19.4 Å². The first kappa shape index (κ1) is 16.0. The van der Waals surface area contributed by atoms with Crippen molar-refractivity contribution in [1.29, 1.82) is 0 Å². The Morgan fingerprint density at radius 3 is 3.00 bits per heavy atom. The molecule has 3 rings (SSSR count). The van der Waals surface area contributed by atoms with E-state index in [2.05, 4.69) is 5.32 Å². The number of nitrogens with zero attached hydrogens (tertiary/aromatic N) is 1. The van der Waals surface area contributed by atoms with Gasteiger partial charge in [-0.1, -0.05) is 17.7 Å². The van der Waals surface area contributed by atoms with Crippen LogP contribution in [0.3, 0.4) is 0 Å². The average molecular weight is 337 g/mol. The molecule has 1 amide bonds. The maximum Gasteiger partial charge on any atom is 0.237 e. The smallest absolute Gasteiger partial charge is 0.237 e. The van der Waals surface area contributed by atoms with Gasteiger partial charge in [0, 0.05) is 17.1 Å². The number of carbonyl (C=O) groups is 1. The second-order valence-corrected chi connectivity index (χ2v) is 6.03. The van der Waals surface area contributed by atoms with Crippen molar-refractivity contribution >= 4 is 17.5 Å². The van der Waals surface area contributed by atoms with Crippen molar-refractivity contribution in [3.8, 4) is 0 Å². The molecule has 1 unspecified atom stereocenters. The van der Waals surface area contributed by atoms with Crippen LogP contribution in [0.2, 0.25) is 5.02 Å². The molecule has 23 heavy (non-hydrogen) atoms. The first-order valence-electron chi connectivity index (χ1n) is 7.62. The Morgan fingerprint density at radius 1 is 1.39 bits per heavy atom. The molecule has 1 aliphatic heterocycles. The van der Waals surface area contributed by atoms with Crippen LogP contribution in [0.4, 0.5) is 4.39 Å². The number of carbonyl (C=O) groups excluding carboxylic acids is 1. The molecule has 1 atom stereocenters. The normalized spacial score (nSPS) is 18.3. The Kier molecular flexibility index (Phi) is 4.98. The molecule has 0 saturated carbocycles. The Bertz CT molecular complexity index is 655. The Balaban J connectivity index is 1.64. The minimum Gasteiger partial charge on any atom is -0.467 e. The molecule has 1 saturated heterocycles. The maximum atomic E-state index is 13.9. The van der Waals surface area contributed by atoms with Gasteiger partial charge in [-0.2, -0.15) is 0 Å². The molecule has 0 aliphatic carbocycles. The highest BCUT2D eigenvalue weighted by molar-refractivity contribution is 6.31. The number of furan rings is 1. The molecule has 0 spiro atoms. The average Bonchev–Trinajstić information content (AvgIpc) is 3.20. The molecular formula is C17H18ClFN2O2. The van der Waals surface area contributed by atoms with Crippen LogP contribution in [0.1, 0.15) is 24.2 Å². The number of rotatable bonds is 5. The molecule has 2 aromatic rings. The number of nitrogens with one attached hydrogen (secondary N) is 1. The predicted octanol–water partition coefficient (Wildman–Crippen LogP) is 3.35. The van der Waals surface area contributed by atoms with E-state index in [-0.39, 0.29) is 17.8 Å². The van der Waals surface area contributed by atoms with Crippen LogP contribution in [-0.4, -0.2) is 23.4 Å². The summed E-state index contributed by atoms with van der Waals surface area (Å²) in [5, 5.41) is 3.27. The van der Waals surface area contributed by atoms with E-state index in [4.69, 9.17) is 16.0 Å². The van der Waals surface area contributed by atoms with Gasteiger partial charge in [0.05, 0.1) is 18.8 Å². The molecule has 1 aromatic heterocycles. The second kappa shape index (κ2) is 7.15. The third kappa shape index (κ3) is 3.74. The largest absolute Gasteiger partial charge is 0.467 e. The summed E-state index contributed by atoms with van der Waals surface area (Å²) in [6.07, 6.45) is 3.24. The van der Waals surface area contributed by atoms with Gasteiger partial charge in [0.25, 0.3) is 0 Å². The first-order valence-corrected chi connectivity index (χ1v) is 8.00. The fraction of sp³-hybridized carbons (Fsp3) is 0.353. The Hall–Kier alpha value is -1.85. The van der Waals surface area contributed by atoms with Crippen molar-refractivity contribution in [2.24, 2.45) is 0 Å². The van der Waals surface area contributed by atoms with E-state index in [0.29, 0.717) is 29.4 Å². The van der Waals surface area contributed by atoms with Crippen molar-refractivity contribution < 1.29 is 13.6 Å². The number of likely N-dealkylation sites (tertiary alicyclic amines) is 1. The lowest BCUT2D eigenvalue weighted by Crippen LogP contribution is -2.42. The van der Waals surface area contributed by atoms with Gasteiger partial charge in [-0.25, -0.2) is 4.39 Å². The molecule has 2 heterocycles. The number of halogens is 2. The molecular weight excluding hydrogens is 319 g/mol. The third-order valence-corrected chi connectivity index (χ3v) is 4.46. The number of hydrogen-bond acceptors (Lipinski definition) is 3. The molecule has 6 heteroatoms. The monoisotopic (exact) mass is 336 g/mol. The Labute approximate surface area is 139 Å². The lowest BCUT2D eigenvalue weighted by molar-refractivity contribution is -0.125. The van der Waals surface area contributed by atoms with Gasteiger partial charge >= 0.3 is 0 Å². The molecule has 1 N–H and O–H groups in total. The van der Waals surface area contributed by atoms with E-state index in [1.54, 1.807) is 24.5 Å². The zero-order chi connectivity index (χ0) is 16.2. The lowest BCUT2D eigenvalue weighted by atomic mass is 10.1. The van der Waals surface area contributed by atoms with E-state index >= 15 is 0 Å². The SMILES string of the molecule is O=C(NCc1ccco1)C1CCCN1Cc1c(F)cccc1Cl. The maximum absolute atomic E-state index is 13.9. The van der Waals surface area contributed by atoms with Crippen molar-refractivity contribution in [2.45, 2.75) is 32.0 Å². The van der Waals surface area contributed by atoms with Crippen LogP contribution < -0.4 is 5.32 Å². The fourth-order valence-electron chi connectivity index (χ4n) is 2.90.